The van der Waals surface area contributed by atoms with E-state index in [1.165, 1.54) is 12.1 Å². The molecule has 4 nitrogen and oxygen atoms in total. The summed E-state index contributed by atoms with van der Waals surface area (Å²) in [6, 6.07) is 8.22. The number of nitrogens with two attached hydrogens (primary N) is 1. The third kappa shape index (κ3) is 1.60. The highest BCUT2D eigenvalue weighted by atomic mass is 19.1. The summed E-state index contributed by atoms with van der Waals surface area (Å²) in [5.41, 5.74) is 8.29. The molecule has 0 aliphatic carbocycles. The summed E-state index contributed by atoms with van der Waals surface area (Å²) in [7, 11) is 0. The van der Waals surface area contributed by atoms with Crippen molar-refractivity contribution in [1.29, 1.82) is 0 Å². The molecule has 0 spiro atoms. The smallest absolute Gasteiger partial charge is 0.171 e. The summed E-state index contributed by atoms with van der Waals surface area (Å²) in [4.78, 5) is 0. The zero-order valence-electron chi connectivity index (χ0n) is 9.76. The number of hydrogen-bond donors (Lipinski definition) is 1. The fourth-order valence-corrected chi connectivity index (χ4v) is 1.89. The Labute approximate surface area is 103 Å². The van der Waals surface area contributed by atoms with Crippen LogP contribution in [0.2, 0.25) is 0 Å². The van der Waals surface area contributed by atoms with Crippen molar-refractivity contribution in [3.05, 3.63) is 47.9 Å². The third-order valence-electron chi connectivity index (χ3n) is 2.80. The van der Waals surface area contributed by atoms with Gasteiger partial charge in [-0.1, -0.05) is 0 Å². The van der Waals surface area contributed by atoms with E-state index in [4.69, 9.17) is 5.73 Å². The molecule has 0 radical (unpaired) electrons. The minimum absolute atomic E-state index is 0.353. The van der Waals surface area contributed by atoms with Crippen LogP contribution in [0.15, 0.2) is 36.5 Å². The molecule has 0 aliphatic rings. The molecule has 0 aliphatic heterocycles. The lowest BCUT2D eigenvalue weighted by Crippen LogP contribution is -1.94. The Morgan fingerprint density at radius 1 is 1.17 bits per heavy atom. The van der Waals surface area contributed by atoms with E-state index in [0.29, 0.717) is 22.7 Å². The van der Waals surface area contributed by atoms with Gasteiger partial charge in [-0.25, -0.2) is 4.39 Å². The van der Waals surface area contributed by atoms with E-state index in [0.717, 1.165) is 5.56 Å². The minimum Gasteiger partial charge on any atom is -0.399 e. The normalized spacial score (nSPS) is 11.0. The van der Waals surface area contributed by atoms with Gasteiger partial charge in [-0.2, -0.15) is 0 Å². The molecular formula is C13H11FN4. The fraction of sp³-hybridized carbons (Fsp3) is 0.0769. The summed E-state index contributed by atoms with van der Waals surface area (Å²) in [6.07, 6.45) is 1.82. The molecule has 0 unspecified atom stereocenters. The molecule has 0 saturated carbocycles. The van der Waals surface area contributed by atoms with Gasteiger partial charge >= 0.3 is 0 Å². The van der Waals surface area contributed by atoms with Gasteiger partial charge in [0, 0.05) is 11.9 Å². The second kappa shape index (κ2) is 3.80. The largest absolute Gasteiger partial charge is 0.399 e. The van der Waals surface area contributed by atoms with Gasteiger partial charge in [0.2, 0.25) is 0 Å². The molecule has 2 aromatic heterocycles. The number of fused-ring (bicyclic) bond motifs is 1. The Kier molecular flexibility index (Phi) is 2.26. The number of nitrogen functional groups attached to an aromatic ring is 1. The van der Waals surface area contributed by atoms with E-state index in [-0.39, 0.29) is 5.82 Å². The Balaban J connectivity index is 2.28. The van der Waals surface area contributed by atoms with Crippen LogP contribution in [0, 0.1) is 12.7 Å². The topological polar surface area (TPSA) is 56.2 Å². The SMILES string of the molecule is Cc1ccn2c(-c3cc(N)ccc3F)nnc2c1. The van der Waals surface area contributed by atoms with Crippen LogP contribution in [-0.4, -0.2) is 14.6 Å². The fourth-order valence-electron chi connectivity index (χ4n) is 1.89. The number of rotatable bonds is 1. The highest BCUT2D eigenvalue weighted by molar-refractivity contribution is 5.64. The van der Waals surface area contributed by atoms with Crippen LogP contribution >= 0.6 is 0 Å². The first-order valence-electron chi connectivity index (χ1n) is 5.52. The molecule has 5 heteroatoms. The first-order chi connectivity index (χ1) is 8.65. The molecule has 3 rings (SSSR count). The Morgan fingerprint density at radius 3 is 2.83 bits per heavy atom. The number of halogens is 1. The standard InChI is InChI=1S/C13H11FN4/c1-8-4-5-18-12(6-8)16-17-13(18)10-7-9(15)2-3-11(10)14/h2-7H,15H2,1H3. The van der Waals surface area contributed by atoms with Crippen molar-refractivity contribution in [2.45, 2.75) is 6.92 Å². The first kappa shape index (κ1) is 10.7. The molecule has 0 atom stereocenters. The van der Waals surface area contributed by atoms with Gasteiger partial charge in [0.15, 0.2) is 11.5 Å². The first-order valence-corrected chi connectivity index (χ1v) is 5.52. The average molecular weight is 242 g/mol. The van der Waals surface area contributed by atoms with E-state index in [1.54, 1.807) is 10.5 Å². The van der Waals surface area contributed by atoms with Gasteiger partial charge in [-0.05, 0) is 42.8 Å². The minimum atomic E-state index is -0.362. The van der Waals surface area contributed by atoms with Crippen molar-refractivity contribution in [2.75, 3.05) is 5.73 Å². The monoisotopic (exact) mass is 242 g/mol. The van der Waals surface area contributed by atoms with Crippen LogP contribution in [0.5, 0.6) is 0 Å². The zero-order valence-corrected chi connectivity index (χ0v) is 9.76. The molecular weight excluding hydrogens is 231 g/mol. The maximum atomic E-state index is 13.8. The lowest BCUT2D eigenvalue weighted by Gasteiger charge is -2.03. The highest BCUT2D eigenvalue weighted by Gasteiger charge is 2.12. The van der Waals surface area contributed by atoms with Crippen LogP contribution in [0.4, 0.5) is 10.1 Å². The third-order valence-corrected chi connectivity index (χ3v) is 2.80. The van der Waals surface area contributed by atoms with E-state index in [9.17, 15) is 4.39 Å². The molecule has 2 N–H and O–H groups in total. The van der Waals surface area contributed by atoms with Crippen molar-refractivity contribution in [3.8, 4) is 11.4 Å². The van der Waals surface area contributed by atoms with E-state index >= 15 is 0 Å². The average Bonchev–Trinajstić information content (AvgIpc) is 2.75. The number of benzene rings is 1. The number of aryl methyl sites for hydroxylation is 1. The Bertz CT molecular complexity index is 733. The van der Waals surface area contributed by atoms with Crippen molar-refractivity contribution >= 4 is 11.3 Å². The van der Waals surface area contributed by atoms with Gasteiger partial charge in [-0.3, -0.25) is 4.40 Å². The molecule has 2 heterocycles. The van der Waals surface area contributed by atoms with Crippen molar-refractivity contribution < 1.29 is 4.39 Å². The van der Waals surface area contributed by atoms with Crippen LogP contribution < -0.4 is 5.73 Å². The zero-order chi connectivity index (χ0) is 12.7. The summed E-state index contributed by atoms with van der Waals surface area (Å²) >= 11 is 0. The highest BCUT2D eigenvalue weighted by Crippen LogP contribution is 2.24. The summed E-state index contributed by atoms with van der Waals surface area (Å²) in [5, 5.41) is 8.06. The maximum Gasteiger partial charge on any atom is 0.171 e. The van der Waals surface area contributed by atoms with Crippen LogP contribution in [-0.2, 0) is 0 Å². The molecule has 0 amide bonds. The van der Waals surface area contributed by atoms with Crippen LogP contribution in [0.1, 0.15) is 5.56 Å². The second-order valence-corrected chi connectivity index (χ2v) is 4.20. The number of pyridine rings is 1. The molecule has 18 heavy (non-hydrogen) atoms. The summed E-state index contributed by atoms with van der Waals surface area (Å²) < 4.78 is 15.5. The number of hydrogen-bond acceptors (Lipinski definition) is 3. The lowest BCUT2D eigenvalue weighted by atomic mass is 10.1. The van der Waals surface area contributed by atoms with Crippen molar-refractivity contribution in [1.82, 2.24) is 14.6 Å². The maximum absolute atomic E-state index is 13.8. The molecule has 0 fully saturated rings. The predicted molar refractivity (Wildman–Crippen MR) is 67.5 cm³/mol. The summed E-state index contributed by atoms with van der Waals surface area (Å²) in [6.45, 7) is 1.97. The predicted octanol–water partition coefficient (Wildman–Crippen LogP) is 2.43. The van der Waals surface area contributed by atoms with E-state index < -0.39 is 0 Å². The van der Waals surface area contributed by atoms with Gasteiger partial charge in [-0.15, -0.1) is 10.2 Å². The van der Waals surface area contributed by atoms with Crippen molar-refractivity contribution in [2.24, 2.45) is 0 Å². The molecule has 0 saturated heterocycles. The quantitative estimate of drug-likeness (QED) is 0.667. The van der Waals surface area contributed by atoms with Gasteiger partial charge in [0.1, 0.15) is 5.82 Å². The van der Waals surface area contributed by atoms with Crippen molar-refractivity contribution in [3.63, 3.8) is 0 Å². The lowest BCUT2D eigenvalue weighted by molar-refractivity contribution is 0.630. The molecule has 0 bridgehead atoms. The van der Waals surface area contributed by atoms with Crippen LogP contribution in [0.25, 0.3) is 17.0 Å². The second-order valence-electron chi connectivity index (χ2n) is 4.20. The Hall–Kier alpha value is -2.43. The van der Waals surface area contributed by atoms with E-state index in [1.807, 2.05) is 25.3 Å². The van der Waals surface area contributed by atoms with E-state index in [2.05, 4.69) is 10.2 Å². The number of anilines is 1. The summed E-state index contributed by atoms with van der Waals surface area (Å²) in [5.74, 6) is 0.0916. The van der Waals surface area contributed by atoms with Gasteiger partial charge in [0.25, 0.3) is 0 Å². The number of nitrogens with zero attached hydrogens (tertiary/aromatic N) is 3. The molecule has 1 aromatic carbocycles. The van der Waals surface area contributed by atoms with Gasteiger partial charge < -0.3 is 5.73 Å². The molecule has 90 valence electrons. The Morgan fingerprint density at radius 2 is 2.00 bits per heavy atom. The number of aromatic nitrogens is 3. The van der Waals surface area contributed by atoms with Gasteiger partial charge in [0.05, 0.1) is 5.56 Å². The molecule has 3 aromatic rings. The van der Waals surface area contributed by atoms with Crippen LogP contribution in [0.3, 0.4) is 0 Å².